The third-order valence-corrected chi connectivity index (χ3v) is 5.17. The third kappa shape index (κ3) is 3.93. The highest BCUT2D eigenvalue weighted by Crippen LogP contribution is 2.26. The van der Waals surface area contributed by atoms with Crippen LogP contribution in [0.1, 0.15) is 16.7 Å². The lowest BCUT2D eigenvalue weighted by Gasteiger charge is -2.08. The first-order chi connectivity index (χ1) is 13.6. The minimum Gasteiger partial charge on any atom is -0.343 e. The third-order valence-electron chi connectivity index (χ3n) is 4.82. The van der Waals surface area contributed by atoms with E-state index >= 15 is 0 Å². The maximum atomic E-state index is 14.2. The molecule has 0 spiro atoms. The standard InChI is InChI=1S/C23H19ClF2N2/c24-21-5-3-6-22(26)20(21)15-28-14-17(19-4-1-2-7-23(19)28)13-27-12-16-8-10-18(25)11-9-16/h1-11,14,27H,12-13,15H2. The maximum absolute atomic E-state index is 14.2. The molecule has 1 aromatic heterocycles. The molecule has 0 aliphatic heterocycles. The van der Waals surface area contributed by atoms with Crippen molar-refractivity contribution in [2.24, 2.45) is 0 Å². The van der Waals surface area contributed by atoms with Gasteiger partial charge in [0.1, 0.15) is 11.6 Å². The number of fused-ring (bicyclic) bond motifs is 1. The van der Waals surface area contributed by atoms with Gasteiger partial charge in [-0.3, -0.25) is 0 Å². The lowest BCUT2D eigenvalue weighted by Crippen LogP contribution is -2.12. The van der Waals surface area contributed by atoms with E-state index in [1.807, 2.05) is 29.0 Å². The van der Waals surface area contributed by atoms with E-state index in [1.165, 1.54) is 18.2 Å². The second-order valence-corrected chi connectivity index (χ2v) is 7.14. The fourth-order valence-electron chi connectivity index (χ4n) is 3.39. The number of nitrogens with one attached hydrogen (secondary N) is 1. The lowest BCUT2D eigenvalue weighted by molar-refractivity contribution is 0.601. The molecule has 1 N–H and O–H groups in total. The predicted octanol–water partition coefficient (Wildman–Crippen LogP) is 5.91. The number of rotatable bonds is 6. The van der Waals surface area contributed by atoms with Gasteiger partial charge in [0.05, 0.1) is 6.54 Å². The van der Waals surface area contributed by atoms with Crippen molar-refractivity contribution in [3.8, 4) is 0 Å². The van der Waals surface area contributed by atoms with Crippen LogP contribution in [0, 0.1) is 11.6 Å². The average molecular weight is 397 g/mol. The minimum atomic E-state index is -0.304. The molecule has 3 aromatic carbocycles. The zero-order valence-electron chi connectivity index (χ0n) is 15.1. The fraction of sp³-hybridized carbons (Fsp3) is 0.130. The predicted molar refractivity (Wildman–Crippen MR) is 109 cm³/mol. The molecule has 0 bridgehead atoms. The summed E-state index contributed by atoms with van der Waals surface area (Å²) in [6.07, 6.45) is 2.03. The molecule has 142 valence electrons. The SMILES string of the molecule is Fc1ccc(CNCc2cn(Cc3c(F)cccc3Cl)c3ccccc23)cc1. The van der Waals surface area contributed by atoms with Gasteiger partial charge in [0.25, 0.3) is 0 Å². The summed E-state index contributed by atoms with van der Waals surface area (Å²) in [5.74, 6) is -0.542. The van der Waals surface area contributed by atoms with Crippen molar-refractivity contribution in [1.82, 2.24) is 9.88 Å². The molecule has 4 rings (SSSR count). The van der Waals surface area contributed by atoms with Crippen LogP contribution in [0.15, 0.2) is 72.9 Å². The zero-order chi connectivity index (χ0) is 19.5. The van der Waals surface area contributed by atoms with Crippen molar-refractivity contribution < 1.29 is 8.78 Å². The number of hydrogen-bond acceptors (Lipinski definition) is 1. The summed E-state index contributed by atoms with van der Waals surface area (Å²) in [5, 5.41) is 4.93. The van der Waals surface area contributed by atoms with Gasteiger partial charge in [-0.1, -0.05) is 48.0 Å². The van der Waals surface area contributed by atoms with Gasteiger partial charge in [0.2, 0.25) is 0 Å². The molecule has 0 aliphatic rings. The van der Waals surface area contributed by atoms with Gasteiger partial charge in [-0.2, -0.15) is 0 Å². The van der Waals surface area contributed by atoms with Crippen LogP contribution in [0.3, 0.4) is 0 Å². The Labute approximate surface area is 167 Å². The first-order valence-electron chi connectivity index (χ1n) is 9.06. The van der Waals surface area contributed by atoms with Crippen LogP contribution in [-0.4, -0.2) is 4.57 Å². The summed E-state index contributed by atoms with van der Waals surface area (Å²) in [4.78, 5) is 0. The molecule has 0 unspecified atom stereocenters. The quantitative estimate of drug-likeness (QED) is 0.428. The van der Waals surface area contributed by atoms with E-state index in [-0.39, 0.29) is 11.6 Å². The first kappa shape index (κ1) is 18.7. The summed E-state index contributed by atoms with van der Waals surface area (Å²) >= 11 is 6.21. The second kappa shape index (κ2) is 8.13. The monoisotopic (exact) mass is 396 g/mol. The van der Waals surface area contributed by atoms with Crippen LogP contribution in [-0.2, 0) is 19.6 Å². The van der Waals surface area contributed by atoms with Gasteiger partial charge < -0.3 is 9.88 Å². The lowest BCUT2D eigenvalue weighted by atomic mass is 10.1. The molecular formula is C23H19ClF2N2. The molecule has 4 aromatic rings. The fourth-order valence-corrected chi connectivity index (χ4v) is 3.61. The van der Waals surface area contributed by atoms with E-state index < -0.39 is 0 Å². The van der Waals surface area contributed by atoms with Crippen molar-refractivity contribution in [2.75, 3.05) is 0 Å². The summed E-state index contributed by atoms with van der Waals surface area (Å²) in [5.41, 5.74) is 3.64. The Balaban J connectivity index is 1.57. The van der Waals surface area contributed by atoms with E-state index in [9.17, 15) is 8.78 Å². The molecule has 1 heterocycles. The van der Waals surface area contributed by atoms with Crippen LogP contribution in [0.5, 0.6) is 0 Å². The number of aromatic nitrogens is 1. The number of nitrogens with zero attached hydrogens (tertiary/aromatic N) is 1. The number of para-hydroxylation sites is 1. The van der Waals surface area contributed by atoms with Gasteiger partial charge in [0.15, 0.2) is 0 Å². The average Bonchev–Trinajstić information content (AvgIpc) is 3.04. The molecule has 0 amide bonds. The van der Waals surface area contributed by atoms with Gasteiger partial charge in [0, 0.05) is 40.8 Å². The van der Waals surface area contributed by atoms with Crippen molar-refractivity contribution in [3.63, 3.8) is 0 Å². The topological polar surface area (TPSA) is 17.0 Å². The number of hydrogen-bond donors (Lipinski definition) is 1. The van der Waals surface area contributed by atoms with Crippen molar-refractivity contribution in [3.05, 3.63) is 106 Å². The van der Waals surface area contributed by atoms with Crippen LogP contribution in [0.2, 0.25) is 5.02 Å². The summed E-state index contributed by atoms with van der Waals surface area (Å²) in [6.45, 7) is 1.65. The molecule has 28 heavy (non-hydrogen) atoms. The Morgan fingerprint density at radius 1 is 0.857 bits per heavy atom. The highest BCUT2D eigenvalue weighted by Gasteiger charge is 2.12. The Kier molecular flexibility index (Phi) is 5.42. The van der Waals surface area contributed by atoms with E-state index in [2.05, 4.69) is 11.4 Å². The van der Waals surface area contributed by atoms with E-state index in [0.717, 1.165) is 22.0 Å². The number of benzene rings is 3. The van der Waals surface area contributed by atoms with E-state index in [4.69, 9.17) is 11.6 Å². The minimum absolute atomic E-state index is 0.237. The van der Waals surface area contributed by atoms with Crippen molar-refractivity contribution >= 4 is 22.5 Å². The second-order valence-electron chi connectivity index (χ2n) is 6.73. The highest BCUT2D eigenvalue weighted by molar-refractivity contribution is 6.31. The molecule has 0 radical (unpaired) electrons. The molecule has 2 nitrogen and oxygen atoms in total. The maximum Gasteiger partial charge on any atom is 0.129 e. The Bertz CT molecular complexity index is 1080. The van der Waals surface area contributed by atoms with Crippen LogP contribution in [0.25, 0.3) is 10.9 Å². The van der Waals surface area contributed by atoms with Gasteiger partial charge >= 0.3 is 0 Å². The van der Waals surface area contributed by atoms with Crippen molar-refractivity contribution in [2.45, 2.75) is 19.6 Å². The van der Waals surface area contributed by atoms with Crippen LogP contribution < -0.4 is 5.32 Å². The van der Waals surface area contributed by atoms with E-state index in [0.29, 0.717) is 30.2 Å². The highest BCUT2D eigenvalue weighted by atomic mass is 35.5. The molecule has 0 atom stereocenters. The van der Waals surface area contributed by atoms with Gasteiger partial charge in [-0.15, -0.1) is 0 Å². The van der Waals surface area contributed by atoms with Gasteiger partial charge in [-0.25, -0.2) is 8.78 Å². The molecule has 0 saturated heterocycles. The summed E-state index contributed by atoms with van der Waals surface area (Å²) in [6, 6.07) is 19.2. The van der Waals surface area contributed by atoms with E-state index in [1.54, 1.807) is 24.3 Å². The zero-order valence-corrected chi connectivity index (χ0v) is 15.9. The largest absolute Gasteiger partial charge is 0.343 e. The molecule has 5 heteroatoms. The van der Waals surface area contributed by atoms with Crippen molar-refractivity contribution in [1.29, 1.82) is 0 Å². The summed E-state index contributed by atoms with van der Waals surface area (Å²) in [7, 11) is 0. The normalized spacial score (nSPS) is 11.2. The Morgan fingerprint density at radius 3 is 2.43 bits per heavy atom. The molecule has 0 fully saturated rings. The number of halogens is 3. The van der Waals surface area contributed by atoms with Crippen LogP contribution in [0.4, 0.5) is 8.78 Å². The first-order valence-corrected chi connectivity index (χ1v) is 9.44. The van der Waals surface area contributed by atoms with Gasteiger partial charge in [-0.05, 0) is 41.5 Å². The van der Waals surface area contributed by atoms with Crippen LogP contribution >= 0.6 is 11.6 Å². The molecular weight excluding hydrogens is 378 g/mol. The summed E-state index contributed by atoms with van der Waals surface area (Å²) < 4.78 is 29.3. The molecule has 0 aliphatic carbocycles. The Morgan fingerprint density at radius 2 is 1.64 bits per heavy atom. The molecule has 0 saturated carbocycles. The smallest absolute Gasteiger partial charge is 0.129 e. The Hall–Kier alpha value is -2.69.